The molecular weight excluding hydrogens is 719 g/mol. The van der Waals surface area contributed by atoms with E-state index in [2.05, 4.69) is 9.72 Å². The number of nitrogens with zero attached hydrogens (tertiary/aromatic N) is 3. The van der Waals surface area contributed by atoms with Gasteiger partial charge >= 0.3 is 18.7 Å². The van der Waals surface area contributed by atoms with Crippen LogP contribution in [-0.2, 0) is 25.9 Å². The molecule has 4 rings (SSSR count). The number of alkyl halides is 2. The number of rotatable bonds is 15. The van der Waals surface area contributed by atoms with Gasteiger partial charge in [-0.25, -0.2) is 18.0 Å². The van der Waals surface area contributed by atoms with Gasteiger partial charge in [0.1, 0.15) is 11.7 Å². The van der Waals surface area contributed by atoms with E-state index in [1.807, 2.05) is 0 Å². The van der Waals surface area contributed by atoms with E-state index >= 15 is 0 Å². The molecule has 1 unspecified atom stereocenters. The van der Waals surface area contributed by atoms with E-state index in [9.17, 15) is 26.8 Å². The number of sulfonamides is 1. The Bertz CT molecular complexity index is 1750. The van der Waals surface area contributed by atoms with Crippen LogP contribution in [0.5, 0.6) is 11.5 Å². The van der Waals surface area contributed by atoms with Gasteiger partial charge in [-0.2, -0.15) is 13.1 Å². The van der Waals surface area contributed by atoms with Crippen LogP contribution in [0.25, 0.3) is 0 Å². The average Bonchev–Trinajstić information content (AvgIpc) is 3.85. The Morgan fingerprint density at radius 2 is 1.64 bits per heavy atom. The van der Waals surface area contributed by atoms with Crippen molar-refractivity contribution in [3.05, 3.63) is 81.6 Å². The highest BCUT2D eigenvalue weighted by atomic mass is 35.5. The normalized spacial score (nSPS) is 14.0. The lowest BCUT2D eigenvalue weighted by Crippen LogP contribution is -2.43. The van der Waals surface area contributed by atoms with Crippen LogP contribution in [0.15, 0.2) is 54.9 Å². The first kappa shape index (κ1) is 39.1. The highest BCUT2D eigenvalue weighted by molar-refractivity contribution is 7.93. The van der Waals surface area contributed by atoms with Crippen molar-refractivity contribution in [2.24, 2.45) is 5.92 Å². The number of amides is 1. The van der Waals surface area contributed by atoms with Crippen LogP contribution in [0.1, 0.15) is 61.2 Å². The summed E-state index contributed by atoms with van der Waals surface area (Å²) in [6, 6.07) is 9.42. The number of carbonyl (C=O) groups is 2. The maximum absolute atomic E-state index is 13.6. The highest BCUT2D eigenvalue weighted by Gasteiger charge is 2.34. The summed E-state index contributed by atoms with van der Waals surface area (Å²) in [6.45, 7) is 2.18. The van der Waals surface area contributed by atoms with Crippen LogP contribution >= 0.6 is 23.2 Å². The average molecular weight is 759 g/mol. The third-order valence-corrected chi connectivity index (χ3v) is 9.56. The van der Waals surface area contributed by atoms with E-state index in [4.69, 9.17) is 37.4 Å². The van der Waals surface area contributed by atoms with Crippen molar-refractivity contribution in [3.63, 3.8) is 0 Å². The molecule has 0 radical (unpaired) electrons. The van der Waals surface area contributed by atoms with Crippen molar-refractivity contribution in [2.75, 3.05) is 37.3 Å². The third kappa shape index (κ3) is 11.1. The number of hydrogen-bond donors (Lipinski definition) is 0. The van der Waals surface area contributed by atoms with Crippen LogP contribution in [0, 0.1) is 5.92 Å². The first-order valence-corrected chi connectivity index (χ1v) is 18.0. The standard InChI is InChI=1S/C34H39Cl2F2N3O8S/c1-34(2,3)49-33(43)41(50(44,45)15-14-40(4)5)24-11-8-22(9-12-24)31(42)47-29(17-25-26(35)18-39-19-27(25)36)23-10-13-28(48-32(37)38)30(16-23)46-20-21-6-7-21/h8-13,16,18-19,21,29,32H,6-7,14-15,17,20H2,1-5H3. The lowest BCUT2D eigenvalue weighted by atomic mass is 10.0. The number of esters is 1. The van der Waals surface area contributed by atoms with E-state index in [0.717, 1.165) is 12.8 Å². The minimum Gasteiger partial charge on any atom is -0.489 e. The Balaban J connectivity index is 1.66. The summed E-state index contributed by atoms with van der Waals surface area (Å²) in [5, 5.41) is 0.423. The Labute approximate surface area is 300 Å². The van der Waals surface area contributed by atoms with E-state index < -0.39 is 40.4 Å². The monoisotopic (exact) mass is 757 g/mol. The zero-order valence-corrected chi connectivity index (χ0v) is 30.5. The molecule has 3 aromatic rings. The molecule has 0 aliphatic heterocycles. The van der Waals surface area contributed by atoms with E-state index in [1.165, 1.54) is 54.9 Å². The quantitative estimate of drug-likeness (QED) is 0.144. The first-order chi connectivity index (χ1) is 23.4. The summed E-state index contributed by atoms with van der Waals surface area (Å²) in [5.41, 5.74) is -0.231. The Morgan fingerprint density at radius 3 is 2.20 bits per heavy atom. The number of halogens is 4. The largest absolute Gasteiger partial charge is 0.489 e. The van der Waals surface area contributed by atoms with Crippen molar-refractivity contribution < 1.29 is 45.7 Å². The van der Waals surface area contributed by atoms with Gasteiger partial charge < -0.3 is 23.8 Å². The number of anilines is 1. The van der Waals surface area contributed by atoms with Gasteiger partial charge in [0.2, 0.25) is 10.0 Å². The molecule has 2 aromatic carbocycles. The summed E-state index contributed by atoms with van der Waals surface area (Å²) in [5.74, 6) is -1.03. The van der Waals surface area contributed by atoms with Crippen LogP contribution in [-0.4, -0.2) is 75.6 Å². The summed E-state index contributed by atoms with van der Waals surface area (Å²) in [4.78, 5) is 32.4. The molecule has 1 amide bonds. The molecule has 1 saturated carbocycles. The van der Waals surface area contributed by atoms with Crippen molar-refractivity contribution in [3.8, 4) is 11.5 Å². The minimum absolute atomic E-state index is 0.0170. The second kappa shape index (κ2) is 16.5. The smallest absolute Gasteiger partial charge is 0.428 e. The molecule has 1 aliphatic carbocycles. The van der Waals surface area contributed by atoms with Gasteiger partial charge in [-0.3, -0.25) is 4.98 Å². The fraction of sp³-hybridized carbons (Fsp3) is 0.441. The maximum atomic E-state index is 13.6. The van der Waals surface area contributed by atoms with Crippen LogP contribution in [0.4, 0.5) is 19.3 Å². The van der Waals surface area contributed by atoms with Gasteiger partial charge in [0.15, 0.2) is 11.5 Å². The van der Waals surface area contributed by atoms with Crippen molar-refractivity contribution >= 4 is 51.0 Å². The summed E-state index contributed by atoms with van der Waals surface area (Å²) in [7, 11) is -0.794. The number of hydrogen-bond acceptors (Lipinski definition) is 10. The van der Waals surface area contributed by atoms with Crippen LogP contribution < -0.4 is 13.8 Å². The molecule has 0 bridgehead atoms. The molecule has 1 aliphatic rings. The van der Waals surface area contributed by atoms with Crippen molar-refractivity contribution in [2.45, 2.75) is 58.4 Å². The molecule has 1 atom stereocenters. The molecule has 50 heavy (non-hydrogen) atoms. The zero-order valence-electron chi connectivity index (χ0n) is 28.2. The number of benzene rings is 2. The fourth-order valence-corrected chi connectivity index (χ4v) is 6.58. The Hall–Kier alpha value is -3.72. The highest BCUT2D eigenvalue weighted by Crippen LogP contribution is 2.38. The van der Waals surface area contributed by atoms with Crippen LogP contribution in [0.3, 0.4) is 0 Å². The maximum Gasteiger partial charge on any atom is 0.428 e. The summed E-state index contributed by atoms with van der Waals surface area (Å²) in [6.07, 6.45) is 2.49. The Kier molecular flexibility index (Phi) is 12.9. The SMILES string of the molecule is CN(C)CCS(=O)(=O)N(C(=O)OC(C)(C)C)c1ccc(C(=O)OC(Cc2c(Cl)cncc2Cl)c2ccc(OC(F)F)c(OCC3CC3)c2)cc1. The second-order valence-electron chi connectivity index (χ2n) is 12.9. The first-order valence-electron chi connectivity index (χ1n) is 15.6. The predicted octanol–water partition coefficient (Wildman–Crippen LogP) is 7.55. The molecule has 1 heterocycles. The molecule has 0 N–H and O–H groups in total. The van der Waals surface area contributed by atoms with Gasteiger partial charge in [0, 0.05) is 25.4 Å². The van der Waals surface area contributed by atoms with E-state index in [1.54, 1.807) is 39.8 Å². The molecule has 16 heteroatoms. The second-order valence-corrected chi connectivity index (χ2v) is 15.7. The summed E-state index contributed by atoms with van der Waals surface area (Å²) < 4.78 is 75.4. The van der Waals surface area contributed by atoms with Crippen molar-refractivity contribution in [1.29, 1.82) is 0 Å². The van der Waals surface area contributed by atoms with Gasteiger partial charge in [-0.1, -0.05) is 29.3 Å². The number of pyridine rings is 1. The topological polar surface area (TPSA) is 125 Å². The van der Waals surface area contributed by atoms with E-state index in [-0.39, 0.29) is 51.5 Å². The molecule has 272 valence electrons. The lowest BCUT2D eigenvalue weighted by Gasteiger charge is -2.27. The minimum atomic E-state index is -4.19. The molecular formula is C34H39Cl2F2N3O8S. The van der Waals surface area contributed by atoms with Gasteiger partial charge in [0.25, 0.3) is 0 Å². The summed E-state index contributed by atoms with van der Waals surface area (Å²) >= 11 is 12.8. The fourth-order valence-electron chi connectivity index (χ4n) is 4.57. The van der Waals surface area contributed by atoms with Gasteiger partial charge in [-0.05, 0) is 101 Å². The van der Waals surface area contributed by atoms with Crippen molar-refractivity contribution in [1.82, 2.24) is 9.88 Å². The molecule has 1 aromatic heterocycles. The number of aromatic nitrogens is 1. The molecule has 1 fully saturated rings. The Morgan fingerprint density at radius 1 is 1.00 bits per heavy atom. The third-order valence-electron chi connectivity index (χ3n) is 7.29. The van der Waals surface area contributed by atoms with Gasteiger partial charge in [-0.15, -0.1) is 0 Å². The molecule has 0 spiro atoms. The van der Waals surface area contributed by atoms with Gasteiger partial charge in [0.05, 0.1) is 33.7 Å². The zero-order chi connectivity index (χ0) is 36.8. The molecule has 0 saturated heterocycles. The number of carbonyl (C=O) groups excluding carboxylic acids is 2. The number of ether oxygens (including phenoxy) is 4. The predicted molar refractivity (Wildman–Crippen MR) is 185 cm³/mol. The van der Waals surface area contributed by atoms with E-state index in [0.29, 0.717) is 28.0 Å². The molecule has 11 nitrogen and oxygen atoms in total. The lowest BCUT2D eigenvalue weighted by molar-refractivity contribution is -0.0515. The van der Waals surface area contributed by atoms with Crippen LogP contribution in [0.2, 0.25) is 10.0 Å².